The molecule has 3 N–H and O–H groups in total. The molecule has 0 spiro atoms. The number of carbonyl (C=O) groups is 3. The molecule has 0 saturated carbocycles. The van der Waals surface area contributed by atoms with Crippen LogP contribution in [0, 0.1) is 0 Å². The van der Waals surface area contributed by atoms with Gasteiger partial charge in [0.15, 0.2) is 0 Å². The van der Waals surface area contributed by atoms with E-state index < -0.39 is 35.5 Å². The Kier molecular flexibility index (Phi) is 11.7. The average Bonchev–Trinajstić information content (AvgIpc) is 3.05. The Bertz CT molecular complexity index is 872. The Hall–Kier alpha value is -2.61. The van der Waals surface area contributed by atoms with Crippen molar-refractivity contribution in [2.75, 3.05) is 32.9 Å². The molecule has 0 radical (unpaired) electrons. The first-order valence-corrected chi connectivity index (χ1v) is 12.9. The number of hydrogen-bond acceptors (Lipinski definition) is 11. The zero-order valence-corrected chi connectivity index (χ0v) is 21.3. The third kappa shape index (κ3) is 8.73. The van der Waals surface area contributed by atoms with Crippen LogP contribution in [0.3, 0.4) is 0 Å². The van der Waals surface area contributed by atoms with Gasteiger partial charge in [-0.1, -0.05) is 30.3 Å². The van der Waals surface area contributed by atoms with Gasteiger partial charge >= 0.3 is 11.9 Å². The normalized spacial score (nSPS) is 21.3. The monoisotopic (exact) mass is 522 g/mol. The van der Waals surface area contributed by atoms with Crippen molar-refractivity contribution in [1.82, 2.24) is 20.7 Å². The zero-order chi connectivity index (χ0) is 26.6. The summed E-state index contributed by atoms with van der Waals surface area (Å²) in [7, 11) is 0. The van der Waals surface area contributed by atoms with E-state index in [1.807, 2.05) is 35.3 Å². The highest BCUT2D eigenvalue weighted by Crippen LogP contribution is 2.25. The van der Waals surface area contributed by atoms with Crippen molar-refractivity contribution in [3.05, 3.63) is 35.9 Å². The maximum absolute atomic E-state index is 13.7. The number of fused-ring (bicyclic) bond motifs is 1. The number of amides is 1. The molecule has 37 heavy (non-hydrogen) atoms. The molecule has 2 aliphatic heterocycles. The molecule has 2 aliphatic rings. The van der Waals surface area contributed by atoms with E-state index in [9.17, 15) is 14.4 Å². The number of rotatable bonds is 13. The fourth-order valence-electron chi connectivity index (χ4n) is 4.72. The van der Waals surface area contributed by atoms with Crippen molar-refractivity contribution in [3.63, 3.8) is 0 Å². The highest BCUT2D eigenvalue weighted by atomic mass is 17.1. The molecule has 12 heteroatoms. The summed E-state index contributed by atoms with van der Waals surface area (Å²) in [5, 5.41) is 23.4. The van der Waals surface area contributed by atoms with Gasteiger partial charge in [0.25, 0.3) is 5.91 Å². The summed E-state index contributed by atoms with van der Waals surface area (Å²) in [5.41, 5.74) is 1.09. The van der Waals surface area contributed by atoms with E-state index in [2.05, 4.69) is 10.2 Å². The second-order valence-electron chi connectivity index (χ2n) is 9.09. The molecule has 0 aromatic heterocycles. The first-order chi connectivity index (χ1) is 17.9. The molecule has 1 aromatic carbocycles. The summed E-state index contributed by atoms with van der Waals surface area (Å²) < 4.78 is 10.6. The summed E-state index contributed by atoms with van der Waals surface area (Å²) >= 11 is 0. The molecular formula is C25H38N4O8. The van der Waals surface area contributed by atoms with Crippen LogP contribution in [-0.4, -0.2) is 94.7 Å². The standard InChI is InChI=1S/C25H38N4O8/c1-2-35-24(31)21(14-13-19-9-4-3-5-10-19)26-20-11-6-15-27-16-7-12-22(28(27)23(20)30)25(32)36-17-8-18-37-29(33)34/h3-5,9-10,20-22,26,33-34H,2,6-8,11-18H2,1H3. The van der Waals surface area contributed by atoms with Crippen molar-refractivity contribution >= 4 is 17.8 Å². The van der Waals surface area contributed by atoms with E-state index >= 15 is 0 Å². The fourth-order valence-corrected chi connectivity index (χ4v) is 4.72. The Balaban J connectivity index is 1.66. The third-order valence-corrected chi connectivity index (χ3v) is 6.48. The molecule has 1 amide bonds. The largest absolute Gasteiger partial charge is 0.465 e. The van der Waals surface area contributed by atoms with E-state index in [1.165, 1.54) is 5.01 Å². The van der Waals surface area contributed by atoms with Crippen molar-refractivity contribution in [1.29, 1.82) is 0 Å². The minimum Gasteiger partial charge on any atom is -0.465 e. The highest BCUT2D eigenvalue weighted by Gasteiger charge is 2.43. The molecule has 2 fully saturated rings. The number of benzene rings is 1. The van der Waals surface area contributed by atoms with Crippen LogP contribution in [0.25, 0.3) is 0 Å². The zero-order valence-electron chi connectivity index (χ0n) is 21.3. The SMILES string of the molecule is CCOC(=O)C(CCc1ccccc1)NC1CCCN2CCCC(C(=O)OCCCON(O)O)N2C1=O. The lowest BCUT2D eigenvalue weighted by molar-refractivity contribution is -0.492. The third-order valence-electron chi connectivity index (χ3n) is 6.48. The Morgan fingerprint density at radius 1 is 1.11 bits per heavy atom. The molecule has 1 aromatic rings. The van der Waals surface area contributed by atoms with E-state index in [1.54, 1.807) is 6.92 Å². The second kappa shape index (κ2) is 15.0. The number of nitrogens with zero attached hydrogens (tertiary/aromatic N) is 3. The molecule has 2 heterocycles. The van der Waals surface area contributed by atoms with Crippen LogP contribution >= 0.6 is 0 Å². The van der Waals surface area contributed by atoms with Gasteiger partial charge in [-0.05, 0) is 51.0 Å². The van der Waals surface area contributed by atoms with Crippen LogP contribution in [0.4, 0.5) is 0 Å². The molecule has 12 nitrogen and oxygen atoms in total. The summed E-state index contributed by atoms with van der Waals surface area (Å²) in [4.78, 5) is 43.8. The highest BCUT2D eigenvalue weighted by molar-refractivity contribution is 5.88. The smallest absolute Gasteiger partial charge is 0.330 e. The van der Waals surface area contributed by atoms with Gasteiger partial charge < -0.3 is 9.47 Å². The number of ether oxygens (including phenoxy) is 2. The molecule has 0 aliphatic carbocycles. The lowest BCUT2D eigenvalue weighted by Crippen LogP contribution is -2.62. The molecule has 3 atom stereocenters. The summed E-state index contributed by atoms with van der Waals surface area (Å²) in [5.74, 6) is -1.17. The van der Waals surface area contributed by atoms with Crippen LogP contribution in [0.5, 0.6) is 0 Å². The van der Waals surface area contributed by atoms with Gasteiger partial charge in [0, 0.05) is 19.5 Å². The molecule has 3 rings (SSSR count). The van der Waals surface area contributed by atoms with Crippen LogP contribution < -0.4 is 5.32 Å². The number of hydrogen-bond donors (Lipinski definition) is 3. The van der Waals surface area contributed by atoms with E-state index in [-0.39, 0.29) is 32.1 Å². The van der Waals surface area contributed by atoms with Gasteiger partial charge in [-0.2, -0.15) is 0 Å². The minimum absolute atomic E-state index is 0.0112. The quantitative estimate of drug-likeness (QED) is 0.197. The Labute approximate surface area is 216 Å². The van der Waals surface area contributed by atoms with E-state index in [4.69, 9.17) is 19.9 Å². The predicted molar refractivity (Wildman–Crippen MR) is 130 cm³/mol. The predicted octanol–water partition coefficient (Wildman–Crippen LogP) is 1.46. The lowest BCUT2D eigenvalue weighted by Gasteiger charge is -2.42. The number of esters is 2. The summed E-state index contributed by atoms with van der Waals surface area (Å²) in [6.07, 6.45) is 3.86. The fraction of sp³-hybridized carbons (Fsp3) is 0.640. The van der Waals surface area contributed by atoms with E-state index in [0.717, 1.165) is 18.4 Å². The van der Waals surface area contributed by atoms with Crippen molar-refractivity contribution in [3.8, 4) is 0 Å². The van der Waals surface area contributed by atoms with Crippen LogP contribution in [-0.2, 0) is 35.1 Å². The summed E-state index contributed by atoms with van der Waals surface area (Å²) in [6.45, 7) is 3.24. The first kappa shape index (κ1) is 29.0. The van der Waals surface area contributed by atoms with Gasteiger partial charge in [-0.15, -0.1) is 0 Å². The molecule has 206 valence electrons. The maximum Gasteiger partial charge on any atom is 0.330 e. The van der Waals surface area contributed by atoms with Gasteiger partial charge in [0.05, 0.1) is 31.3 Å². The number of carbonyl (C=O) groups excluding carboxylic acids is 3. The summed E-state index contributed by atoms with van der Waals surface area (Å²) in [6, 6.07) is 7.76. The van der Waals surface area contributed by atoms with Crippen molar-refractivity contribution in [2.24, 2.45) is 0 Å². The number of aryl methyl sites for hydroxylation is 1. The molecular weight excluding hydrogens is 484 g/mol. The van der Waals surface area contributed by atoms with E-state index in [0.29, 0.717) is 38.8 Å². The lowest BCUT2D eigenvalue weighted by atomic mass is 10.0. The molecule has 3 unspecified atom stereocenters. The second-order valence-corrected chi connectivity index (χ2v) is 9.09. The topological polar surface area (TPSA) is 141 Å². The van der Waals surface area contributed by atoms with Gasteiger partial charge in [-0.25, -0.2) is 9.80 Å². The maximum atomic E-state index is 13.7. The van der Waals surface area contributed by atoms with Crippen LogP contribution in [0.2, 0.25) is 0 Å². The van der Waals surface area contributed by atoms with Crippen molar-refractivity contribution < 1.29 is 39.1 Å². The minimum atomic E-state index is -0.762. The van der Waals surface area contributed by atoms with Gasteiger partial charge in [0.2, 0.25) is 0 Å². The Morgan fingerprint density at radius 3 is 2.54 bits per heavy atom. The number of hydrazine groups is 1. The molecule has 0 bridgehead atoms. The van der Waals surface area contributed by atoms with Crippen LogP contribution in [0.15, 0.2) is 30.3 Å². The van der Waals surface area contributed by atoms with Crippen molar-refractivity contribution in [2.45, 2.75) is 70.0 Å². The van der Waals surface area contributed by atoms with Crippen LogP contribution in [0.1, 0.15) is 51.0 Å². The first-order valence-electron chi connectivity index (χ1n) is 12.9. The van der Waals surface area contributed by atoms with Gasteiger partial charge in [0.1, 0.15) is 12.1 Å². The average molecular weight is 523 g/mol. The van der Waals surface area contributed by atoms with Gasteiger partial charge in [-0.3, -0.25) is 35.2 Å². The molecule has 2 saturated heterocycles. The Morgan fingerprint density at radius 2 is 1.84 bits per heavy atom. The number of nitrogens with one attached hydrogen (secondary N) is 1.